The van der Waals surface area contributed by atoms with Gasteiger partial charge in [-0.1, -0.05) is 0 Å². The molecule has 0 amide bonds. The minimum atomic E-state index is -0.175. The van der Waals surface area contributed by atoms with Gasteiger partial charge < -0.3 is 21.9 Å². The topological polar surface area (TPSA) is 87.3 Å². The van der Waals surface area contributed by atoms with E-state index in [1.165, 1.54) is 0 Å². The molecule has 0 radical (unpaired) electrons. The molecule has 100 valence electrons. The number of aryl methyl sites for hydroxylation is 1. The maximum absolute atomic E-state index is 5.94. The lowest BCUT2D eigenvalue weighted by atomic mass is 10.1. The third-order valence-electron chi connectivity index (χ3n) is 3.10. The molecule has 0 spiro atoms. The number of anilines is 3. The summed E-state index contributed by atoms with van der Waals surface area (Å²) in [5.74, 6) is 0.765. The molecule has 2 aromatic carbocycles. The van der Waals surface area contributed by atoms with Gasteiger partial charge in [0.15, 0.2) is 0 Å². The predicted octanol–water partition coefficient (Wildman–Crippen LogP) is 2.88. The summed E-state index contributed by atoms with van der Waals surface area (Å²) < 4.78 is 5.88. The Morgan fingerprint density at radius 3 is 2.32 bits per heavy atom. The number of ether oxygens (including phenoxy) is 1. The van der Waals surface area contributed by atoms with Gasteiger partial charge in [0, 0.05) is 22.6 Å². The summed E-state index contributed by atoms with van der Waals surface area (Å²) in [4.78, 5) is 0. The van der Waals surface area contributed by atoms with Crippen LogP contribution in [0.25, 0.3) is 0 Å². The highest BCUT2D eigenvalue weighted by atomic mass is 16.5. The van der Waals surface area contributed by atoms with Crippen molar-refractivity contribution in [2.24, 2.45) is 0 Å². The van der Waals surface area contributed by atoms with Crippen LogP contribution in [0.1, 0.15) is 24.2 Å². The fraction of sp³-hybridized carbons (Fsp3) is 0.200. The van der Waals surface area contributed by atoms with Gasteiger partial charge in [-0.2, -0.15) is 0 Å². The third-order valence-corrected chi connectivity index (χ3v) is 3.10. The largest absolute Gasteiger partial charge is 0.486 e. The molecule has 0 aliphatic rings. The molecule has 0 saturated heterocycles. The first-order valence-electron chi connectivity index (χ1n) is 6.15. The highest BCUT2D eigenvalue weighted by Crippen LogP contribution is 2.28. The van der Waals surface area contributed by atoms with E-state index >= 15 is 0 Å². The van der Waals surface area contributed by atoms with Crippen molar-refractivity contribution >= 4 is 17.1 Å². The molecular formula is C15H19N3O. The second-order valence-electron chi connectivity index (χ2n) is 4.67. The van der Waals surface area contributed by atoms with Gasteiger partial charge in [0.25, 0.3) is 0 Å². The van der Waals surface area contributed by atoms with Gasteiger partial charge >= 0.3 is 0 Å². The van der Waals surface area contributed by atoms with Crippen LogP contribution in [0.2, 0.25) is 0 Å². The second-order valence-corrected chi connectivity index (χ2v) is 4.67. The van der Waals surface area contributed by atoms with Crippen LogP contribution in [0.3, 0.4) is 0 Å². The van der Waals surface area contributed by atoms with Crippen LogP contribution in [-0.2, 0) is 0 Å². The van der Waals surface area contributed by atoms with Gasteiger partial charge in [-0.25, -0.2) is 0 Å². The molecular weight excluding hydrogens is 238 g/mol. The predicted molar refractivity (Wildman–Crippen MR) is 79.9 cm³/mol. The number of rotatable bonds is 3. The Labute approximate surface area is 113 Å². The first-order chi connectivity index (χ1) is 8.97. The summed E-state index contributed by atoms with van der Waals surface area (Å²) in [5.41, 5.74) is 21.5. The monoisotopic (exact) mass is 257 g/mol. The van der Waals surface area contributed by atoms with Crippen molar-refractivity contribution in [3.8, 4) is 5.75 Å². The van der Waals surface area contributed by atoms with Crippen molar-refractivity contribution in [2.75, 3.05) is 17.2 Å². The van der Waals surface area contributed by atoms with Gasteiger partial charge in [-0.05, 0) is 55.8 Å². The Hall–Kier alpha value is -2.36. The quantitative estimate of drug-likeness (QED) is 0.738. The average Bonchev–Trinajstić information content (AvgIpc) is 2.36. The molecule has 6 N–H and O–H groups in total. The van der Waals surface area contributed by atoms with Crippen LogP contribution in [0.5, 0.6) is 5.75 Å². The molecule has 0 aliphatic carbocycles. The van der Waals surface area contributed by atoms with E-state index in [1.54, 1.807) is 12.1 Å². The van der Waals surface area contributed by atoms with Crippen LogP contribution < -0.4 is 21.9 Å². The van der Waals surface area contributed by atoms with Gasteiger partial charge in [0.05, 0.1) is 0 Å². The first-order valence-corrected chi connectivity index (χ1v) is 6.15. The van der Waals surface area contributed by atoms with Crippen molar-refractivity contribution < 1.29 is 4.74 Å². The number of nitrogen functional groups attached to an aromatic ring is 3. The lowest BCUT2D eigenvalue weighted by molar-refractivity contribution is 0.227. The Morgan fingerprint density at radius 1 is 0.947 bits per heavy atom. The van der Waals surface area contributed by atoms with Gasteiger partial charge in [0.1, 0.15) is 11.9 Å². The highest BCUT2D eigenvalue weighted by molar-refractivity contribution is 5.56. The maximum atomic E-state index is 5.94. The fourth-order valence-corrected chi connectivity index (χ4v) is 1.93. The highest BCUT2D eigenvalue weighted by Gasteiger charge is 2.11. The lowest BCUT2D eigenvalue weighted by Gasteiger charge is -2.18. The van der Waals surface area contributed by atoms with Crippen molar-refractivity contribution in [1.82, 2.24) is 0 Å². The lowest BCUT2D eigenvalue weighted by Crippen LogP contribution is -2.07. The zero-order valence-electron chi connectivity index (χ0n) is 11.2. The molecule has 0 aliphatic heterocycles. The molecule has 4 nitrogen and oxygen atoms in total. The van der Waals surface area contributed by atoms with Crippen LogP contribution in [0, 0.1) is 6.92 Å². The van der Waals surface area contributed by atoms with E-state index < -0.39 is 0 Å². The molecule has 0 bridgehead atoms. The SMILES string of the molecule is Cc1cc(OC(C)c2cc(N)ccc2N)ccc1N. The van der Waals surface area contributed by atoms with Crippen LogP contribution in [-0.4, -0.2) is 0 Å². The summed E-state index contributed by atoms with van der Waals surface area (Å²) in [6, 6.07) is 11.0. The molecule has 0 fully saturated rings. The minimum absolute atomic E-state index is 0.175. The molecule has 2 rings (SSSR count). The molecule has 1 unspecified atom stereocenters. The standard InChI is InChI=1S/C15H19N3O/c1-9-7-12(4-6-14(9)17)19-10(2)13-8-11(16)3-5-15(13)18/h3-8,10H,16-18H2,1-2H3. The Bertz CT molecular complexity index is 596. The fourth-order valence-electron chi connectivity index (χ4n) is 1.93. The van der Waals surface area contributed by atoms with Crippen molar-refractivity contribution in [2.45, 2.75) is 20.0 Å². The van der Waals surface area contributed by atoms with E-state index in [1.807, 2.05) is 38.1 Å². The Morgan fingerprint density at radius 2 is 1.63 bits per heavy atom. The Kier molecular flexibility index (Phi) is 3.51. The minimum Gasteiger partial charge on any atom is -0.486 e. The molecule has 2 aromatic rings. The molecule has 19 heavy (non-hydrogen) atoms. The zero-order chi connectivity index (χ0) is 14.0. The second kappa shape index (κ2) is 5.10. The van der Waals surface area contributed by atoms with E-state index in [4.69, 9.17) is 21.9 Å². The third kappa shape index (κ3) is 2.91. The number of hydrogen-bond donors (Lipinski definition) is 3. The Balaban J connectivity index is 2.22. The normalized spacial score (nSPS) is 12.1. The molecule has 0 aromatic heterocycles. The van der Waals surface area contributed by atoms with Gasteiger partial charge in [0.2, 0.25) is 0 Å². The van der Waals surface area contributed by atoms with E-state index in [9.17, 15) is 0 Å². The zero-order valence-corrected chi connectivity index (χ0v) is 11.2. The van der Waals surface area contributed by atoms with E-state index in [0.29, 0.717) is 11.4 Å². The van der Waals surface area contributed by atoms with E-state index in [2.05, 4.69) is 0 Å². The van der Waals surface area contributed by atoms with Gasteiger partial charge in [-0.3, -0.25) is 0 Å². The maximum Gasteiger partial charge on any atom is 0.123 e. The summed E-state index contributed by atoms with van der Waals surface area (Å²) in [6.07, 6.45) is -0.175. The van der Waals surface area contributed by atoms with Crippen molar-refractivity contribution in [3.05, 3.63) is 47.5 Å². The molecule has 0 heterocycles. The summed E-state index contributed by atoms with van der Waals surface area (Å²) in [6.45, 7) is 3.89. The van der Waals surface area contributed by atoms with Crippen molar-refractivity contribution in [3.63, 3.8) is 0 Å². The first kappa shape index (κ1) is 13.1. The van der Waals surface area contributed by atoms with E-state index in [-0.39, 0.29) is 6.10 Å². The van der Waals surface area contributed by atoms with Crippen molar-refractivity contribution in [1.29, 1.82) is 0 Å². The summed E-state index contributed by atoms with van der Waals surface area (Å²) >= 11 is 0. The van der Waals surface area contributed by atoms with Crippen LogP contribution in [0.15, 0.2) is 36.4 Å². The number of hydrogen-bond acceptors (Lipinski definition) is 4. The number of benzene rings is 2. The van der Waals surface area contributed by atoms with Crippen LogP contribution in [0.4, 0.5) is 17.1 Å². The molecule has 1 atom stereocenters. The summed E-state index contributed by atoms with van der Waals surface area (Å²) in [5, 5.41) is 0. The summed E-state index contributed by atoms with van der Waals surface area (Å²) in [7, 11) is 0. The number of nitrogens with two attached hydrogens (primary N) is 3. The average molecular weight is 257 g/mol. The van der Waals surface area contributed by atoms with Gasteiger partial charge in [-0.15, -0.1) is 0 Å². The molecule has 4 heteroatoms. The van der Waals surface area contributed by atoms with E-state index in [0.717, 1.165) is 22.6 Å². The van der Waals surface area contributed by atoms with Crippen LogP contribution >= 0.6 is 0 Å². The smallest absolute Gasteiger partial charge is 0.123 e. The molecule has 0 saturated carbocycles.